The van der Waals surface area contributed by atoms with E-state index in [0.29, 0.717) is 23.6 Å². The van der Waals surface area contributed by atoms with E-state index in [-0.39, 0.29) is 5.54 Å². The van der Waals surface area contributed by atoms with Gasteiger partial charge in [-0.3, -0.25) is 0 Å². The van der Waals surface area contributed by atoms with Crippen LogP contribution in [0.3, 0.4) is 0 Å². The predicted molar refractivity (Wildman–Crippen MR) is 75.3 cm³/mol. The van der Waals surface area contributed by atoms with Crippen molar-refractivity contribution in [3.8, 4) is 11.8 Å². The van der Waals surface area contributed by atoms with E-state index in [1.807, 2.05) is 0 Å². The highest BCUT2D eigenvalue weighted by atomic mass is 35.5. The average molecular weight is 286 g/mol. The molecule has 1 aliphatic carbocycles. The molecular formula is C13H20ClN3O2. The predicted octanol–water partition coefficient (Wildman–Crippen LogP) is 2.85. The minimum atomic E-state index is -0.114. The first-order valence-electron chi connectivity index (χ1n) is 6.52. The lowest BCUT2D eigenvalue weighted by Gasteiger charge is -2.36. The van der Waals surface area contributed by atoms with Crippen LogP contribution in [0.5, 0.6) is 11.8 Å². The molecule has 6 heteroatoms. The highest BCUT2D eigenvalue weighted by Gasteiger charge is 2.32. The minimum Gasteiger partial charge on any atom is -0.481 e. The molecule has 0 bridgehead atoms. The zero-order chi connectivity index (χ0) is 13.7. The van der Waals surface area contributed by atoms with Crippen molar-refractivity contribution < 1.29 is 9.47 Å². The molecule has 0 aliphatic heterocycles. The number of hydrogen-bond acceptors (Lipinski definition) is 5. The summed E-state index contributed by atoms with van der Waals surface area (Å²) >= 11 is 6.15. The Morgan fingerprint density at radius 3 is 2.21 bits per heavy atom. The van der Waals surface area contributed by atoms with Gasteiger partial charge in [0.05, 0.1) is 25.8 Å². The molecule has 0 amide bonds. The molecule has 1 N–H and O–H groups in total. The molecule has 0 unspecified atom stereocenters. The van der Waals surface area contributed by atoms with Crippen LogP contribution in [0.25, 0.3) is 0 Å². The van der Waals surface area contributed by atoms with E-state index in [0.717, 1.165) is 12.8 Å². The van der Waals surface area contributed by atoms with Gasteiger partial charge in [0.15, 0.2) is 0 Å². The number of rotatable bonds is 5. The maximum atomic E-state index is 6.15. The molecule has 1 aromatic heterocycles. The highest BCUT2D eigenvalue weighted by molar-refractivity contribution is 6.18. The Hall–Kier alpha value is -1.23. The summed E-state index contributed by atoms with van der Waals surface area (Å²) in [5.41, 5.74) is -0.114. The van der Waals surface area contributed by atoms with E-state index >= 15 is 0 Å². The number of anilines is 1. The largest absolute Gasteiger partial charge is 0.481 e. The number of ether oxygens (including phenoxy) is 2. The highest BCUT2D eigenvalue weighted by Crippen LogP contribution is 2.32. The second kappa shape index (κ2) is 6.28. The van der Waals surface area contributed by atoms with E-state index in [9.17, 15) is 0 Å². The van der Waals surface area contributed by atoms with Crippen LogP contribution in [-0.2, 0) is 0 Å². The standard InChI is InChI=1S/C13H20ClN3O2/c1-18-10-8-11(19-2)16-12(15-10)17-13(9-14)6-4-3-5-7-13/h8H,3-7,9H2,1-2H3,(H,15,16,17). The second-order valence-electron chi connectivity index (χ2n) is 4.88. The van der Waals surface area contributed by atoms with Gasteiger partial charge in [-0.1, -0.05) is 19.3 Å². The third-order valence-electron chi connectivity index (χ3n) is 3.54. The Kier molecular flexibility index (Phi) is 4.69. The fourth-order valence-corrected chi connectivity index (χ4v) is 2.76. The van der Waals surface area contributed by atoms with Gasteiger partial charge < -0.3 is 14.8 Å². The van der Waals surface area contributed by atoms with E-state index in [1.54, 1.807) is 20.3 Å². The molecule has 0 radical (unpaired) electrons. The SMILES string of the molecule is COc1cc(OC)nc(NC2(CCl)CCCCC2)n1. The van der Waals surface area contributed by atoms with Crippen LogP contribution in [0.15, 0.2) is 6.07 Å². The Bertz CT molecular complexity index is 400. The fraction of sp³-hybridized carbons (Fsp3) is 0.692. The van der Waals surface area contributed by atoms with Gasteiger partial charge in [0.1, 0.15) is 0 Å². The summed E-state index contributed by atoms with van der Waals surface area (Å²) < 4.78 is 10.3. The van der Waals surface area contributed by atoms with E-state index in [1.165, 1.54) is 19.3 Å². The van der Waals surface area contributed by atoms with Crippen LogP contribution < -0.4 is 14.8 Å². The lowest BCUT2D eigenvalue weighted by Crippen LogP contribution is -2.42. The molecule has 2 rings (SSSR count). The zero-order valence-electron chi connectivity index (χ0n) is 11.4. The number of nitrogens with zero attached hydrogens (tertiary/aromatic N) is 2. The molecule has 1 aromatic rings. The van der Waals surface area contributed by atoms with Gasteiger partial charge in [0.25, 0.3) is 0 Å². The monoisotopic (exact) mass is 285 g/mol. The smallest absolute Gasteiger partial charge is 0.229 e. The first-order valence-corrected chi connectivity index (χ1v) is 7.06. The molecule has 1 heterocycles. The Morgan fingerprint density at radius 1 is 1.16 bits per heavy atom. The molecule has 1 aliphatic rings. The van der Waals surface area contributed by atoms with Gasteiger partial charge in [-0.25, -0.2) is 0 Å². The summed E-state index contributed by atoms with van der Waals surface area (Å²) in [6.07, 6.45) is 5.71. The molecule has 19 heavy (non-hydrogen) atoms. The van der Waals surface area contributed by atoms with Crippen LogP contribution in [0.1, 0.15) is 32.1 Å². The summed E-state index contributed by atoms with van der Waals surface area (Å²) in [7, 11) is 3.15. The third kappa shape index (κ3) is 3.41. The van der Waals surface area contributed by atoms with Crippen LogP contribution in [-0.4, -0.2) is 35.6 Å². The summed E-state index contributed by atoms with van der Waals surface area (Å²) in [5, 5.41) is 3.38. The Labute approximate surface area is 118 Å². The number of methoxy groups -OCH3 is 2. The molecule has 1 saturated carbocycles. The summed E-state index contributed by atoms with van der Waals surface area (Å²) in [5.74, 6) is 2.03. The number of nitrogens with one attached hydrogen (secondary N) is 1. The van der Waals surface area contributed by atoms with Crippen LogP contribution in [0.2, 0.25) is 0 Å². The van der Waals surface area contributed by atoms with E-state index < -0.39 is 0 Å². The van der Waals surface area contributed by atoms with Gasteiger partial charge in [0.2, 0.25) is 17.7 Å². The van der Waals surface area contributed by atoms with Gasteiger partial charge in [0, 0.05) is 5.88 Å². The van der Waals surface area contributed by atoms with Crippen molar-refractivity contribution in [2.24, 2.45) is 0 Å². The van der Waals surface area contributed by atoms with Gasteiger partial charge in [-0.15, -0.1) is 11.6 Å². The summed E-state index contributed by atoms with van der Waals surface area (Å²) in [6.45, 7) is 0. The topological polar surface area (TPSA) is 56.3 Å². The molecule has 5 nitrogen and oxygen atoms in total. The summed E-state index contributed by atoms with van der Waals surface area (Å²) in [4.78, 5) is 8.61. The van der Waals surface area contributed by atoms with Crippen LogP contribution in [0, 0.1) is 0 Å². The molecule has 0 saturated heterocycles. The molecule has 1 fully saturated rings. The Morgan fingerprint density at radius 2 is 1.74 bits per heavy atom. The van der Waals surface area contributed by atoms with Gasteiger partial charge in [-0.05, 0) is 12.8 Å². The molecule has 106 valence electrons. The van der Waals surface area contributed by atoms with Crippen molar-refractivity contribution in [3.63, 3.8) is 0 Å². The van der Waals surface area contributed by atoms with Crippen molar-refractivity contribution in [2.75, 3.05) is 25.4 Å². The number of aromatic nitrogens is 2. The first kappa shape index (κ1) is 14.2. The first-order chi connectivity index (χ1) is 9.21. The number of halogens is 1. The quantitative estimate of drug-likeness (QED) is 0.843. The van der Waals surface area contributed by atoms with Crippen molar-refractivity contribution in [1.82, 2.24) is 9.97 Å². The molecule has 0 spiro atoms. The average Bonchev–Trinajstić information content (AvgIpc) is 2.47. The van der Waals surface area contributed by atoms with Gasteiger partial charge in [-0.2, -0.15) is 9.97 Å². The summed E-state index contributed by atoms with van der Waals surface area (Å²) in [6, 6.07) is 1.65. The van der Waals surface area contributed by atoms with Crippen molar-refractivity contribution in [1.29, 1.82) is 0 Å². The maximum absolute atomic E-state index is 6.15. The third-order valence-corrected chi connectivity index (χ3v) is 4.05. The van der Waals surface area contributed by atoms with Crippen molar-refractivity contribution >= 4 is 17.5 Å². The fourth-order valence-electron chi connectivity index (χ4n) is 2.43. The zero-order valence-corrected chi connectivity index (χ0v) is 12.2. The lowest BCUT2D eigenvalue weighted by atomic mass is 9.83. The maximum Gasteiger partial charge on any atom is 0.229 e. The molecule has 0 aromatic carbocycles. The normalized spacial score (nSPS) is 17.8. The second-order valence-corrected chi connectivity index (χ2v) is 5.14. The minimum absolute atomic E-state index is 0.114. The number of hydrogen-bond donors (Lipinski definition) is 1. The lowest BCUT2D eigenvalue weighted by molar-refractivity contribution is 0.346. The van der Waals surface area contributed by atoms with Crippen molar-refractivity contribution in [3.05, 3.63) is 6.07 Å². The van der Waals surface area contributed by atoms with Gasteiger partial charge >= 0.3 is 0 Å². The van der Waals surface area contributed by atoms with E-state index in [2.05, 4.69) is 15.3 Å². The Balaban J connectivity index is 2.20. The molecule has 0 atom stereocenters. The van der Waals surface area contributed by atoms with Crippen LogP contribution >= 0.6 is 11.6 Å². The van der Waals surface area contributed by atoms with Crippen LogP contribution in [0.4, 0.5) is 5.95 Å². The number of alkyl halides is 1. The molecular weight excluding hydrogens is 266 g/mol. The van der Waals surface area contributed by atoms with E-state index in [4.69, 9.17) is 21.1 Å². The van der Waals surface area contributed by atoms with Crippen molar-refractivity contribution in [2.45, 2.75) is 37.6 Å².